The molecule has 6 nitrogen and oxygen atoms in total. The molecule has 0 aromatic rings. The van der Waals surface area contributed by atoms with Crippen molar-refractivity contribution in [1.82, 2.24) is 14.7 Å². The molecule has 0 aliphatic carbocycles. The number of hydrogen-bond donors (Lipinski definition) is 0. The molecule has 0 bridgehead atoms. The van der Waals surface area contributed by atoms with Crippen molar-refractivity contribution in [3.8, 4) is 11.8 Å². The zero-order valence-electron chi connectivity index (χ0n) is 11.9. The minimum atomic E-state index is -0.119. The van der Waals surface area contributed by atoms with Gasteiger partial charge in [-0.3, -0.25) is 14.5 Å². The monoisotopic (exact) mass is 279 g/mol. The molecule has 2 rings (SSSR count). The molecule has 0 saturated carbocycles. The number of ether oxygens (including phenoxy) is 1. The van der Waals surface area contributed by atoms with Crippen molar-refractivity contribution in [2.45, 2.75) is 6.92 Å². The summed E-state index contributed by atoms with van der Waals surface area (Å²) < 4.78 is 5.24. The van der Waals surface area contributed by atoms with Crippen LogP contribution in [0.1, 0.15) is 6.92 Å². The first-order valence-electron chi connectivity index (χ1n) is 7.00. The fraction of sp³-hybridized carbons (Fsp3) is 0.714. The Bertz CT molecular complexity index is 413. The Morgan fingerprint density at radius 3 is 2.25 bits per heavy atom. The van der Waals surface area contributed by atoms with Crippen molar-refractivity contribution < 1.29 is 14.3 Å². The molecule has 110 valence electrons. The highest BCUT2D eigenvalue weighted by Crippen LogP contribution is 2.04. The molecule has 2 aliphatic rings. The Labute approximate surface area is 119 Å². The van der Waals surface area contributed by atoms with Gasteiger partial charge in [-0.1, -0.05) is 5.92 Å². The number of carbonyl (C=O) groups excluding carboxylic acids is 2. The van der Waals surface area contributed by atoms with E-state index in [1.165, 1.54) is 0 Å². The summed E-state index contributed by atoms with van der Waals surface area (Å²) in [5.41, 5.74) is 0. The zero-order valence-corrected chi connectivity index (χ0v) is 11.9. The molecule has 0 unspecified atom stereocenters. The van der Waals surface area contributed by atoms with Crippen LogP contribution in [0.2, 0.25) is 0 Å². The number of morpholine rings is 1. The number of rotatable bonds is 2. The molecule has 2 fully saturated rings. The average molecular weight is 279 g/mol. The number of hydrogen-bond acceptors (Lipinski definition) is 4. The van der Waals surface area contributed by atoms with Gasteiger partial charge in [0.1, 0.15) is 0 Å². The predicted octanol–water partition coefficient (Wildman–Crippen LogP) is -0.987. The summed E-state index contributed by atoms with van der Waals surface area (Å²) in [6.45, 7) is 7.46. The Morgan fingerprint density at radius 2 is 1.65 bits per heavy atom. The highest BCUT2D eigenvalue weighted by Gasteiger charge is 2.24. The van der Waals surface area contributed by atoms with E-state index in [2.05, 4.69) is 16.7 Å². The molecule has 0 N–H and O–H groups in total. The largest absolute Gasteiger partial charge is 0.378 e. The third kappa shape index (κ3) is 3.95. The van der Waals surface area contributed by atoms with Gasteiger partial charge in [0.2, 0.25) is 5.91 Å². The maximum atomic E-state index is 12.1. The molecule has 0 atom stereocenters. The third-order valence-corrected chi connectivity index (χ3v) is 3.61. The standard InChI is InChI=1S/C14H21N3O3/c1-2-3-13(18)16-6-4-15(5-7-16)12-14(19)17-8-10-20-11-9-17/h4-12H2,1H3. The molecule has 0 radical (unpaired) electrons. The van der Waals surface area contributed by atoms with Crippen LogP contribution in [-0.4, -0.2) is 85.5 Å². The second-order valence-corrected chi connectivity index (χ2v) is 4.94. The molecule has 6 heteroatoms. The quantitative estimate of drug-likeness (QED) is 0.609. The first-order valence-corrected chi connectivity index (χ1v) is 7.00. The Balaban J connectivity index is 1.74. The maximum absolute atomic E-state index is 12.1. The lowest BCUT2D eigenvalue weighted by molar-refractivity contribution is -0.137. The molecule has 20 heavy (non-hydrogen) atoms. The van der Waals surface area contributed by atoms with Crippen LogP contribution in [0.15, 0.2) is 0 Å². The van der Waals surface area contributed by atoms with Crippen molar-refractivity contribution in [3.63, 3.8) is 0 Å². The van der Waals surface area contributed by atoms with Crippen molar-refractivity contribution >= 4 is 11.8 Å². The second kappa shape index (κ2) is 7.27. The summed E-state index contributed by atoms with van der Waals surface area (Å²) in [5, 5.41) is 0. The number of carbonyl (C=O) groups is 2. The molecule has 2 amide bonds. The van der Waals surface area contributed by atoms with Crippen LogP contribution >= 0.6 is 0 Å². The van der Waals surface area contributed by atoms with E-state index in [1.807, 2.05) is 4.90 Å². The van der Waals surface area contributed by atoms with E-state index in [0.717, 1.165) is 13.1 Å². The van der Waals surface area contributed by atoms with Crippen molar-refractivity contribution in [1.29, 1.82) is 0 Å². The topological polar surface area (TPSA) is 53.1 Å². The maximum Gasteiger partial charge on any atom is 0.298 e. The van der Waals surface area contributed by atoms with Crippen LogP contribution in [-0.2, 0) is 14.3 Å². The SMILES string of the molecule is CC#CC(=O)N1CCN(CC(=O)N2CCOCC2)CC1. The van der Waals surface area contributed by atoms with Crippen LogP contribution in [0.5, 0.6) is 0 Å². The lowest BCUT2D eigenvalue weighted by Crippen LogP contribution is -2.52. The first kappa shape index (κ1) is 14.8. The summed E-state index contributed by atoms with van der Waals surface area (Å²) in [6.07, 6.45) is 0. The van der Waals surface area contributed by atoms with Crippen molar-refractivity contribution in [2.24, 2.45) is 0 Å². The second-order valence-electron chi connectivity index (χ2n) is 4.94. The average Bonchev–Trinajstić information content (AvgIpc) is 2.49. The van der Waals surface area contributed by atoms with Crippen LogP contribution < -0.4 is 0 Å². The van der Waals surface area contributed by atoms with Crippen LogP contribution in [0.3, 0.4) is 0 Å². The first-order chi connectivity index (χ1) is 9.70. The lowest BCUT2D eigenvalue weighted by atomic mass is 10.3. The predicted molar refractivity (Wildman–Crippen MR) is 73.9 cm³/mol. The summed E-state index contributed by atoms with van der Waals surface area (Å²) in [6, 6.07) is 0. The highest BCUT2D eigenvalue weighted by atomic mass is 16.5. The number of piperazine rings is 1. The molecule has 0 aromatic heterocycles. The van der Waals surface area contributed by atoms with Crippen molar-refractivity contribution in [2.75, 3.05) is 59.0 Å². The van der Waals surface area contributed by atoms with E-state index in [9.17, 15) is 9.59 Å². The van der Waals surface area contributed by atoms with Crippen molar-refractivity contribution in [3.05, 3.63) is 0 Å². The Hall–Kier alpha value is -1.58. The smallest absolute Gasteiger partial charge is 0.298 e. The van der Waals surface area contributed by atoms with Gasteiger partial charge in [-0.25, -0.2) is 0 Å². The molecular formula is C14H21N3O3. The van der Waals surface area contributed by atoms with E-state index in [0.29, 0.717) is 45.9 Å². The minimum Gasteiger partial charge on any atom is -0.378 e. The molecule has 2 saturated heterocycles. The summed E-state index contributed by atoms with van der Waals surface area (Å²) in [5.74, 6) is 5.21. The molecule has 2 heterocycles. The van der Waals surface area contributed by atoms with E-state index in [1.54, 1.807) is 11.8 Å². The summed E-state index contributed by atoms with van der Waals surface area (Å²) in [4.78, 5) is 29.4. The molecule has 0 spiro atoms. The lowest BCUT2D eigenvalue weighted by Gasteiger charge is -2.35. The number of nitrogens with zero attached hydrogens (tertiary/aromatic N) is 3. The van der Waals surface area contributed by atoms with E-state index in [-0.39, 0.29) is 11.8 Å². The number of amides is 2. The molecule has 2 aliphatic heterocycles. The molecule has 0 aromatic carbocycles. The normalized spacial score (nSPS) is 20.2. The van der Waals surface area contributed by atoms with Gasteiger partial charge in [0, 0.05) is 39.3 Å². The Kier molecular flexibility index (Phi) is 5.39. The van der Waals surface area contributed by atoms with Gasteiger partial charge >= 0.3 is 0 Å². The Morgan fingerprint density at radius 1 is 1.00 bits per heavy atom. The van der Waals surface area contributed by atoms with Gasteiger partial charge in [0.25, 0.3) is 5.91 Å². The highest BCUT2D eigenvalue weighted by molar-refractivity contribution is 5.93. The minimum absolute atomic E-state index is 0.119. The van der Waals surface area contributed by atoms with Gasteiger partial charge < -0.3 is 14.5 Å². The summed E-state index contributed by atoms with van der Waals surface area (Å²) in [7, 11) is 0. The van der Waals surface area contributed by atoms with Crippen LogP contribution in [0, 0.1) is 11.8 Å². The fourth-order valence-electron chi connectivity index (χ4n) is 2.40. The van der Waals surface area contributed by atoms with Gasteiger partial charge in [-0.2, -0.15) is 0 Å². The van der Waals surface area contributed by atoms with Gasteiger partial charge in [-0.15, -0.1) is 0 Å². The zero-order chi connectivity index (χ0) is 14.4. The van der Waals surface area contributed by atoms with Gasteiger partial charge in [0.05, 0.1) is 19.8 Å². The van der Waals surface area contributed by atoms with Gasteiger partial charge in [0.15, 0.2) is 0 Å². The summed E-state index contributed by atoms with van der Waals surface area (Å²) >= 11 is 0. The van der Waals surface area contributed by atoms with Gasteiger partial charge in [-0.05, 0) is 12.8 Å². The van der Waals surface area contributed by atoms with Crippen LogP contribution in [0.4, 0.5) is 0 Å². The van der Waals surface area contributed by atoms with E-state index < -0.39 is 0 Å². The van der Waals surface area contributed by atoms with Crippen LogP contribution in [0.25, 0.3) is 0 Å². The van der Waals surface area contributed by atoms with E-state index in [4.69, 9.17) is 4.74 Å². The van der Waals surface area contributed by atoms with E-state index >= 15 is 0 Å². The molecular weight excluding hydrogens is 258 g/mol. The third-order valence-electron chi connectivity index (χ3n) is 3.61. The fourth-order valence-corrected chi connectivity index (χ4v) is 2.40.